The van der Waals surface area contributed by atoms with Gasteiger partial charge in [0.25, 0.3) is 12.0 Å². The Kier molecular flexibility index (Phi) is 2.12. The Morgan fingerprint density at radius 3 is 2.67 bits per heavy atom. The number of hydrogen-bond acceptors (Lipinski definition) is 2. The van der Waals surface area contributed by atoms with E-state index in [9.17, 15) is 13.6 Å². The second-order valence-electron chi connectivity index (χ2n) is 2.45. The number of aryl methyl sites for hydroxylation is 1. The van der Waals surface area contributed by atoms with Crippen molar-refractivity contribution in [3.8, 4) is 0 Å². The zero-order valence-corrected chi connectivity index (χ0v) is 6.40. The first-order valence-corrected chi connectivity index (χ1v) is 3.30. The molecule has 1 rings (SSSR count). The zero-order chi connectivity index (χ0) is 9.30. The number of halogens is 2. The Balaban J connectivity index is 3.33. The first kappa shape index (κ1) is 8.70. The van der Waals surface area contributed by atoms with Crippen molar-refractivity contribution in [1.82, 2.24) is 4.98 Å². The third kappa shape index (κ3) is 1.44. The number of aromatic nitrogens is 1. The normalized spacial score (nSPS) is 10.7. The van der Waals surface area contributed by atoms with Gasteiger partial charge in [-0.25, -0.2) is 8.78 Å². The number of H-pyrrole nitrogens is 1. The van der Waals surface area contributed by atoms with Crippen LogP contribution in [0.5, 0.6) is 0 Å². The number of aromatic amines is 1. The topological polar surface area (TPSA) is 58.9 Å². The summed E-state index contributed by atoms with van der Waals surface area (Å²) in [5.74, 6) is 0.129. The molecule has 12 heavy (non-hydrogen) atoms. The van der Waals surface area contributed by atoms with Crippen LogP contribution >= 0.6 is 0 Å². The summed E-state index contributed by atoms with van der Waals surface area (Å²) in [5.41, 5.74) is 4.37. The minimum atomic E-state index is -2.76. The number of nitrogen functional groups attached to an aromatic ring is 1. The molecular weight excluding hydrogens is 166 g/mol. The molecule has 0 radical (unpaired) electrons. The van der Waals surface area contributed by atoms with Crippen LogP contribution < -0.4 is 11.3 Å². The summed E-state index contributed by atoms with van der Waals surface area (Å²) in [7, 11) is 0. The highest BCUT2D eigenvalue weighted by Crippen LogP contribution is 2.16. The van der Waals surface area contributed by atoms with Gasteiger partial charge in [-0.2, -0.15) is 0 Å². The standard InChI is InChI=1S/C7H8F2N2O/c1-3-2-4(5(8)9)7(12)11-6(3)10/h2,5H,1H3,(H3,10,11,12). The van der Waals surface area contributed by atoms with Gasteiger partial charge < -0.3 is 10.7 Å². The van der Waals surface area contributed by atoms with Crippen LogP contribution in [0.4, 0.5) is 14.6 Å². The molecule has 0 spiro atoms. The fourth-order valence-electron chi connectivity index (χ4n) is 0.832. The van der Waals surface area contributed by atoms with Gasteiger partial charge in [-0.15, -0.1) is 0 Å². The van der Waals surface area contributed by atoms with E-state index < -0.39 is 17.5 Å². The molecule has 1 aromatic heterocycles. The van der Waals surface area contributed by atoms with Crippen molar-refractivity contribution in [1.29, 1.82) is 0 Å². The van der Waals surface area contributed by atoms with E-state index in [0.717, 1.165) is 6.07 Å². The highest BCUT2D eigenvalue weighted by Gasteiger charge is 2.12. The highest BCUT2D eigenvalue weighted by molar-refractivity contribution is 5.39. The Labute approximate surface area is 67.2 Å². The van der Waals surface area contributed by atoms with Gasteiger partial charge in [0.1, 0.15) is 5.82 Å². The van der Waals surface area contributed by atoms with E-state index >= 15 is 0 Å². The second-order valence-corrected chi connectivity index (χ2v) is 2.45. The largest absolute Gasteiger partial charge is 0.385 e. The number of rotatable bonds is 1. The molecule has 0 atom stereocenters. The monoisotopic (exact) mass is 174 g/mol. The quantitative estimate of drug-likeness (QED) is 0.672. The lowest BCUT2D eigenvalue weighted by atomic mass is 10.2. The molecule has 0 bridgehead atoms. The summed E-state index contributed by atoms with van der Waals surface area (Å²) < 4.78 is 24.2. The van der Waals surface area contributed by atoms with Crippen LogP contribution in [0.3, 0.4) is 0 Å². The first-order valence-electron chi connectivity index (χ1n) is 3.30. The Hall–Kier alpha value is -1.39. The minimum Gasteiger partial charge on any atom is -0.385 e. The van der Waals surface area contributed by atoms with Crippen molar-refractivity contribution in [2.24, 2.45) is 0 Å². The van der Waals surface area contributed by atoms with E-state index in [4.69, 9.17) is 5.73 Å². The molecule has 0 saturated carbocycles. The van der Waals surface area contributed by atoms with Crippen LogP contribution in [0.2, 0.25) is 0 Å². The van der Waals surface area contributed by atoms with Gasteiger partial charge in [0.2, 0.25) is 0 Å². The van der Waals surface area contributed by atoms with E-state index in [-0.39, 0.29) is 5.82 Å². The molecular formula is C7H8F2N2O. The Morgan fingerprint density at radius 1 is 1.58 bits per heavy atom. The van der Waals surface area contributed by atoms with Crippen molar-refractivity contribution < 1.29 is 8.78 Å². The lowest BCUT2D eigenvalue weighted by Gasteiger charge is -2.02. The molecule has 1 heterocycles. The fraction of sp³-hybridized carbons (Fsp3) is 0.286. The molecule has 0 saturated heterocycles. The van der Waals surface area contributed by atoms with E-state index in [0.29, 0.717) is 5.56 Å². The number of hydrogen-bond donors (Lipinski definition) is 2. The molecule has 0 fully saturated rings. The third-order valence-electron chi connectivity index (χ3n) is 1.54. The minimum absolute atomic E-state index is 0.129. The maximum atomic E-state index is 12.1. The molecule has 0 amide bonds. The van der Waals surface area contributed by atoms with Crippen molar-refractivity contribution in [3.63, 3.8) is 0 Å². The number of pyridine rings is 1. The predicted molar refractivity (Wildman–Crippen MR) is 41.2 cm³/mol. The van der Waals surface area contributed by atoms with Crippen LogP contribution in [0.25, 0.3) is 0 Å². The summed E-state index contributed by atoms with van der Waals surface area (Å²) in [6, 6.07) is 1.10. The molecule has 3 nitrogen and oxygen atoms in total. The lowest BCUT2D eigenvalue weighted by Crippen LogP contribution is -2.15. The lowest BCUT2D eigenvalue weighted by molar-refractivity contribution is 0.149. The summed E-state index contributed by atoms with van der Waals surface area (Å²) in [6.45, 7) is 1.55. The zero-order valence-electron chi connectivity index (χ0n) is 6.40. The first-order chi connectivity index (χ1) is 5.52. The molecule has 5 heteroatoms. The summed E-state index contributed by atoms with van der Waals surface area (Å²) >= 11 is 0. The van der Waals surface area contributed by atoms with Crippen LogP contribution in [0.1, 0.15) is 17.6 Å². The second kappa shape index (κ2) is 2.92. The molecule has 0 aliphatic heterocycles. The summed E-state index contributed by atoms with van der Waals surface area (Å²) in [6.07, 6.45) is -2.76. The average molecular weight is 174 g/mol. The smallest absolute Gasteiger partial charge is 0.269 e. The predicted octanol–water partition coefficient (Wildman–Crippen LogP) is 1.20. The van der Waals surface area contributed by atoms with Gasteiger partial charge in [0, 0.05) is 0 Å². The van der Waals surface area contributed by atoms with Crippen LogP contribution in [0.15, 0.2) is 10.9 Å². The van der Waals surface area contributed by atoms with Crippen LogP contribution in [-0.2, 0) is 0 Å². The molecule has 0 aliphatic rings. The average Bonchev–Trinajstić information content (AvgIpc) is 1.96. The van der Waals surface area contributed by atoms with Gasteiger partial charge >= 0.3 is 0 Å². The van der Waals surface area contributed by atoms with Gasteiger partial charge in [0.15, 0.2) is 0 Å². The number of nitrogens with one attached hydrogen (secondary N) is 1. The molecule has 66 valence electrons. The van der Waals surface area contributed by atoms with Crippen molar-refractivity contribution in [2.75, 3.05) is 5.73 Å². The number of anilines is 1. The highest BCUT2D eigenvalue weighted by atomic mass is 19.3. The van der Waals surface area contributed by atoms with Gasteiger partial charge in [0.05, 0.1) is 5.56 Å². The van der Waals surface area contributed by atoms with E-state index in [1.165, 1.54) is 0 Å². The summed E-state index contributed by atoms with van der Waals surface area (Å²) in [4.78, 5) is 12.9. The fourth-order valence-corrected chi connectivity index (χ4v) is 0.832. The van der Waals surface area contributed by atoms with Crippen molar-refractivity contribution >= 4 is 5.82 Å². The van der Waals surface area contributed by atoms with Gasteiger partial charge in [-0.1, -0.05) is 0 Å². The molecule has 0 unspecified atom stereocenters. The van der Waals surface area contributed by atoms with Crippen LogP contribution in [0, 0.1) is 6.92 Å². The molecule has 1 aromatic rings. The van der Waals surface area contributed by atoms with E-state index in [2.05, 4.69) is 4.98 Å². The summed E-state index contributed by atoms with van der Waals surface area (Å²) in [5, 5.41) is 0. The Bertz CT molecular complexity index is 346. The number of alkyl halides is 2. The molecule has 3 N–H and O–H groups in total. The third-order valence-corrected chi connectivity index (χ3v) is 1.54. The maximum absolute atomic E-state index is 12.1. The van der Waals surface area contributed by atoms with Crippen molar-refractivity contribution in [2.45, 2.75) is 13.3 Å². The van der Waals surface area contributed by atoms with Crippen LogP contribution in [-0.4, -0.2) is 4.98 Å². The maximum Gasteiger partial charge on any atom is 0.269 e. The van der Waals surface area contributed by atoms with Gasteiger partial charge in [-0.05, 0) is 18.6 Å². The van der Waals surface area contributed by atoms with Crippen molar-refractivity contribution in [3.05, 3.63) is 27.5 Å². The molecule has 0 aliphatic carbocycles. The number of nitrogens with two attached hydrogens (primary N) is 1. The van der Waals surface area contributed by atoms with E-state index in [1.54, 1.807) is 6.92 Å². The Morgan fingerprint density at radius 2 is 2.17 bits per heavy atom. The SMILES string of the molecule is Cc1cc(C(F)F)c(=O)[nH]c1N. The van der Waals surface area contributed by atoms with E-state index in [1.807, 2.05) is 0 Å². The molecule has 0 aromatic carbocycles. The van der Waals surface area contributed by atoms with Gasteiger partial charge in [-0.3, -0.25) is 4.79 Å².